The number of benzene rings is 2. The molecule has 0 unspecified atom stereocenters. The fraction of sp³-hybridized carbons (Fsp3) is 0.533. The van der Waals surface area contributed by atoms with Crippen LogP contribution in [0.5, 0.6) is 0 Å². The van der Waals surface area contributed by atoms with E-state index in [-0.39, 0.29) is 23.7 Å². The van der Waals surface area contributed by atoms with Gasteiger partial charge >= 0.3 is 0 Å². The Morgan fingerprint density at radius 2 is 1.73 bits per heavy atom. The summed E-state index contributed by atoms with van der Waals surface area (Å²) in [6.45, 7) is 5.82. The van der Waals surface area contributed by atoms with E-state index in [9.17, 15) is 9.59 Å². The van der Waals surface area contributed by atoms with Crippen LogP contribution >= 0.6 is 0 Å². The summed E-state index contributed by atoms with van der Waals surface area (Å²) < 4.78 is 0. The van der Waals surface area contributed by atoms with E-state index in [2.05, 4.69) is 64.6 Å². The molecule has 2 amide bonds. The van der Waals surface area contributed by atoms with Gasteiger partial charge in [-0.3, -0.25) is 9.59 Å². The summed E-state index contributed by atoms with van der Waals surface area (Å²) in [6, 6.07) is 14.9. The van der Waals surface area contributed by atoms with E-state index in [4.69, 9.17) is 5.73 Å². The highest BCUT2D eigenvalue weighted by Crippen LogP contribution is 2.35. The van der Waals surface area contributed by atoms with Gasteiger partial charge in [-0.1, -0.05) is 30.7 Å². The predicted molar refractivity (Wildman–Crippen MR) is 149 cm³/mol. The normalized spacial score (nSPS) is 18.4. The van der Waals surface area contributed by atoms with Crippen molar-refractivity contribution in [3.63, 3.8) is 0 Å². The average molecular weight is 504 g/mol. The zero-order chi connectivity index (χ0) is 25.8. The molecule has 37 heavy (non-hydrogen) atoms. The molecule has 1 saturated heterocycles. The van der Waals surface area contributed by atoms with Gasteiger partial charge in [0.2, 0.25) is 11.8 Å². The van der Waals surface area contributed by atoms with Gasteiger partial charge in [-0.05, 0) is 80.6 Å². The first-order valence-corrected chi connectivity index (χ1v) is 14.0. The van der Waals surface area contributed by atoms with Crippen molar-refractivity contribution in [2.24, 2.45) is 17.6 Å². The van der Waals surface area contributed by atoms with Crippen LogP contribution in [-0.2, 0) is 16.1 Å². The van der Waals surface area contributed by atoms with Crippen molar-refractivity contribution >= 4 is 23.2 Å². The molecule has 0 radical (unpaired) electrons. The third kappa shape index (κ3) is 6.33. The van der Waals surface area contributed by atoms with Gasteiger partial charge in [0, 0.05) is 51.1 Å². The quantitative estimate of drug-likeness (QED) is 0.513. The van der Waals surface area contributed by atoms with Gasteiger partial charge in [-0.15, -0.1) is 0 Å². The number of nitrogens with one attached hydrogen (secondary N) is 1. The lowest BCUT2D eigenvalue weighted by Crippen LogP contribution is -2.44. The molecule has 7 nitrogen and oxygen atoms in total. The summed E-state index contributed by atoms with van der Waals surface area (Å²) >= 11 is 0. The van der Waals surface area contributed by atoms with Gasteiger partial charge in [-0.2, -0.15) is 0 Å². The van der Waals surface area contributed by atoms with Gasteiger partial charge in [0.1, 0.15) is 0 Å². The third-order valence-electron chi connectivity index (χ3n) is 8.08. The zero-order valence-electron chi connectivity index (χ0n) is 22.1. The van der Waals surface area contributed by atoms with Gasteiger partial charge < -0.3 is 25.8 Å². The minimum atomic E-state index is 0.135. The Morgan fingerprint density at radius 1 is 0.973 bits per heavy atom. The summed E-state index contributed by atoms with van der Waals surface area (Å²) in [5.41, 5.74) is 11.0. The summed E-state index contributed by atoms with van der Waals surface area (Å²) in [5, 5.41) is 3.28. The second-order valence-corrected chi connectivity index (χ2v) is 11.0. The maximum Gasteiger partial charge on any atom is 0.227 e. The third-order valence-corrected chi connectivity index (χ3v) is 8.08. The molecule has 3 aliphatic rings. The first-order valence-electron chi connectivity index (χ1n) is 14.0. The maximum atomic E-state index is 12.9. The van der Waals surface area contributed by atoms with Crippen LogP contribution in [-0.4, -0.2) is 67.9 Å². The van der Waals surface area contributed by atoms with Crippen molar-refractivity contribution in [1.82, 2.24) is 9.80 Å². The summed E-state index contributed by atoms with van der Waals surface area (Å²) in [4.78, 5) is 32.5. The molecule has 5 rings (SSSR count). The molecule has 198 valence electrons. The number of amides is 2. The second kappa shape index (κ2) is 11.7. The number of hydrogen-bond acceptors (Lipinski definition) is 5. The molecule has 3 N–H and O–H groups in total. The average Bonchev–Trinajstić information content (AvgIpc) is 3.71. The monoisotopic (exact) mass is 503 g/mol. The molecular formula is C30H41N5O2. The number of nitrogens with two attached hydrogens (primary N) is 1. The topological polar surface area (TPSA) is 81.9 Å². The van der Waals surface area contributed by atoms with Crippen LogP contribution < -0.4 is 16.0 Å². The van der Waals surface area contributed by atoms with E-state index in [1.807, 2.05) is 4.90 Å². The van der Waals surface area contributed by atoms with Gasteiger partial charge in [-0.25, -0.2) is 0 Å². The molecule has 1 aliphatic heterocycles. The van der Waals surface area contributed by atoms with E-state index in [0.717, 1.165) is 92.8 Å². The van der Waals surface area contributed by atoms with Crippen LogP contribution in [0.3, 0.4) is 0 Å². The number of carbonyl (C=O) groups is 2. The van der Waals surface area contributed by atoms with E-state index < -0.39 is 0 Å². The van der Waals surface area contributed by atoms with Crippen molar-refractivity contribution in [2.45, 2.75) is 45.1 Å². The molecule has 2 saturated carbocycles. The Labute approximate surface area is 221 Å². The zero-order valence-corrected chi connectivity index (χ0v) is 22.1. The molecule has 7 heteroatoms. The van der Waals surface area contributed by atoms with E-state index in [1.54, 1.807) is 0 Å². The van der Waals surface area contributed by atoms with E-state index in [0.29, 0.717) is 19.6 Å². The maximum absolute atomic E-state index is 12.9. The molecule has 2 aromatic rings. The first kappa shape index (κ1) is 25.7. The number of nitrogens with zero attached hydrogens (tertiary/aromatic N) is 3. The summed E-state index contributed by atoms with van der Waals surface area (Å²) in [5.74, 6) is 0.735. The van der Waals surface area contributed by atoms with Crippen molar-refractivity contribution in [1.29, 1.82) is 0 Å². The molecule has 2 aromatic carbocycles. The number of carbonyl (C=O) groups excluding carboxylic acids is 2. The molecule has 3 fully saturated rings. The van der Waals surface area contributed by atoms with Crippen molar-refractivity contribution in [3.05, 3.63) is 48.0 Å². The minimum absolute atomic E-state index is 0.135. The van der Waals surface area contributed by atoms with Gasteiger partial charge in [0.25, 0.3) is 0 Å². The number of anilines is 2. The number of piperazine rings is 1. The lowest BCUT2D eigenvalue weighted by Gasteiger charge is -2.35. The fourth-order valence-corrected chi connectivity index (χ4v) is 5.25. The molecule has 0 atom stereocenters. The van der Waals surface area contributed by atoms with Crippen molar-refractivity contribution in [3.8, 4) is 11.1 Å². The SMILES string of the molecule is CN1CCN(c2ccc(-c3cccc(CN(CCCN)C(=O)C4CC4)c3)cc2NC(=O)C2CCC2)CC1. The highest BCUT2D eigenvalue weighted by molar-refractivity contribution is 5.97. The smallest absolute Gasteiger partial charge is 0.227 e. The molecule has 0 aromatic heterocycles. The van der Waals surface area contributed by atoms with E-state index >= 15 is 0 Å². The molecule has 1 heterocycles. The Morgan fingerprint density at radius 3 is 2.41 bits per heavy atom. The Balaban J connectivity index is 1.38. The lowest BCUT2D eigenvalue weighted by molar-refractivity contribution is -0.133. The summed E-state index contributed by atoms with van der Waals surface area (Å²) in [7, 11) is 2.15. The molecule has 0 spiro atoms. The standard InChI is InChI=1S/C30H41N5O2/c1-33-15-17-34(18-16-33)28-12-11-26(20-27(28)32-29(36)23-6-3-7-23)25-8-2-5-22(19-25)21-35(14-4-13-31)30(37)24-9-10-24/h2,5,8,11-12,19-20,23-24H,3-4,6-7,9-10,13-18,21,31H2,1H3,(H,32,36). The lowest BCUT2D eigenvalue weighted by atomic mass is 9.85. The van der Waals surface area contributed by atoms with Gasteiger partial charge in [0.15, 0.2) is 0 Å². The molecule has 0 bridgehead atoms. The Kier molecular flexibility index (Phi) is 8.11. The van der Waals surface area contributed by atoms with Crippen molar-refractivity contribution in [2.75, 3.05) is 56.5 Å². The van der Waals surface area contributed by atoms with E-state index in [1.165, 1.54) is 0 Å². The largest absolute Gasteiger partial charge is 0.367 e. The van der Waals surface area contributed by atoms with Gasteiger partial charge in [0.05, 0.1) is 11.4 Å². The van der Waals surface area contributed by atoms with Crippen LogP contribution in [0.4, 0.5) is 11.4 Å². The van der Waals surface area contributed by atoms with Crippen LogP contribution in [0.25, 0.3) is 11.1 Å². The Hall–Kier alpha value is -2.90. The Bertz CT molecular complexity index is 1100. The highest BCUT2D eigenvalue weighted by atomic mass is 16.2. The fourth-order valence-electron chi connectivity index (χ4n) is 5.25. The van der Waals surface area contributed by atoms with Crippen LogP contribution in [0, 0.1) is 11.8 Å². The molecule has 2 aliphatic carbocycles. The van der Waals surface area contributed by atoms with Crippen molar-refractivity contribution < 1.29 is 9.59 Å². The van der Waals surface area contributed by atoms with Crippen LogP contribution in [0.15, 0.2) is 42.5 Å². The first-order chi connectivity index (χ1) is 18.0. The highest BCUT2D eigenvalue weighted by Gasteiger charge is 2.33. The predicted octanol–water partition coefficient (Wildman–Crippen LogP) is 3.93. The second-order valence-electron chi connectivity index (χ2n) is 11.0. The van der Waals surface area contributed by atoms with Crippen LogP contribution in [0.1, 0.15) is 44.1 Å². The van der Waals surface area contributed by atoms with Crippen LogP contribution in [0.2, 0.25) is 0 Å². The minimum Gasteiger partial charge on any atom is -0.367 e. The summed E-state index contributed by atoms with van der Waals surface area (Å²) in [6.07, 6.45) is 5.94. The number of likely N-dealkylation sites (N-methyl/N-ethyl adjacent to an activating group) is 1. The molecular weight excluding hydrogens is 462 g/mol. The number of hydrogen-bond donors (Lipinski definition) is 2. The number of rotatable bonds is 10.